The molecule has 1 aromatic carbocycles. The molecule has 0 aliphatic carbocycles. The first-order chi connectivity index (χ1) is 12.4. The third-order valence-corrected chi connectivity index (χ3v) is 6.29. The summed E-state index contributed by atoms with van der Waals surface area (Å²) in [5, 5.41) is 0. The van der Waals surface area contributed by atoms with Gasteiger partial charge in [0, 0.05) is 38.1 Å². The lowest BCUT2D eigenvalue weighted by atomic mass is 10.2. The van der Waals surface area contributed by atoms with Crippen LogP contribution in [0, 0.1) is 6.92 Å². The zero-order chi connectivity index (χ0) is 18.7. The van der Waals surface area contributed by atoms with Crippen LogP contribution in [0.5, 0.6) is 5.75 Å². The lowest BCUT2D eigenvalue weighted by Crippen LogP contribution is -2.50. The van der Waals surface area contributed by atoms with Gasteiger partial charge in [0.2, 0.25) is 10.0 Å². The molecule has 0 bridgehead atoms. The number of carbonyl (C=O) groups is 1. The Kier molecular flexibility index (Phi) is 5.24. The predicted molar refractivity (Wildman–Crippen MR) is 96.6 cm³/mol. The van der Waals surface area contributed by atoms with Gasteiger partial charge in [-0.1, -0.05) is 0 Å². The van der Waals surface area contributed by atoms with Crippen LogP contribution in [0.1, 0.15) is 16.1 Å². The first-order valence-corrected chi connectivity index (χ1v) is 9.72. The van der Waals surface area contributed by atoms with Crippen molar-refractivity contribution in [2.45, 2.75) is 11.8 Å². The minimum Gasteiger partial charge on any atom is -0.497 e. The molecule has 1 aliphatic heterocycles. The van der Waals surface area contributed by atoms with Gasteiger partial charge < -0.3 is 9.64 Å². The van der Waals surface area contributed by atoms with Crippen molar-refractivity contribution in [1.29, 1.82) is 0 Å². The molecule has 138 valence electrons. The van der Waals surface area contributed by atoms with Crippen molar-refractivity contribution in [2.24, 2.45) is 0 Å². The number of pyridine rings is 1. The minimum atomic E-state index is -3.58. The Balaban J connectivity index is 1.67. The Morgan fingerprint density at radius 3 is 2.23 bits per heavy atom. The molecule has 2 heterocycles. The number of methoxy groups -OCH3 is 1. The number of sulfonamides is 1. The van der Waals surface area contributed by atoms with Gasteiger partial charge in [0.05, 0.1) is 17.6 Å². The van der Waals surface area contributed by atoms with E-state index in [4.69, 9.17) is 4.74 Å². The number of hydrogen-bond acceptors (Lipinski definition) is 5. The highest BCUT2D eigenvalue weighted by Gasteiger charge is 2.30. The molecule has 0 spiro atoms. The Morgan fingerprint density at radius 1 is 1.04 bits per heavy atom. The molecule has 7 nitrogen and oxygen atoms in total. The topological polar surface area (TPSA) is 79.8 Å². The average molecular weight is 375 g/mol. The Morgan fingerprint density at radius 2 is 1.69 bits per heavy atom. The van der Waals surface area contributed by atoms with Gasteiger partial charge in [-0.3, -0.25) is 9.78 Å². The fourth-order valence-electron chi connectivity index (χ4n) is 2.81. The lowest BCUT2D eigenvalue weighted by molar-refractivity contribution is 0.0697. The van der Waals surface area contributed by atoms with Gasteiger partial charge in [-0.05, 0) is 43.3 Å². The molecule has 0 unspecified atom stereocenters. The number of aryl methyl sites for hydroxylation is 1. The molecule has 8 heteroatoms. The zero-order valence-electron chi connectivity index (χ0n) is 14.8. The summed E-state index contributed by atoms with van der Waals surface area (Å²) in [6.45, 7) is 3.08. The number of benzene rings is 1. The molecule has 0 N–H and O–H groups in total. The van der Waals surface area contributed by atoms with Gasteiger partial charge in [0.1, 0.15) is 5.75 Å². The molecule has 0 atom stereocenters. The fraction of sp³-hybridized carbons (Fsp3) is 0.333. The first-order valence-electron chi connectivity index (χ1n) is 8.28. The van der Waals surface area contributed by atoms with E-state index in [9.17, 15) is 13.2 Å². The highest BCUT2D eigenvalue weighted by atomic mass is 32.2. The molecule has 0 saturated carbocycles. The molecule has 1 amide bonds. The van der Waals surface area contributed by atoms with Crippen molar-refractivity contribution < 1.29 is 17.9 Å². The second kappa shape index (κ2) is 7.43. The van der Waals surface area contributed by atoms with E-state index < -0.39 is 10.0 Å². The minimum absolute atomic E-state index is 0.126. The summed E-state index contributed by atoms with van der Waals surface area (Å²) in [5.41, 5.74) is 1.36. The van der Waals surface area contributed by atoms with Gasteiger partial charge >= 0.3 is 0 Å². The standard InChI is InChI=1S/C18H21N3O4S/c1-14-3-4-15(13-19-14)18(22)20-9-11-21(12-10-20)26(23,24)17-7-5-16(25-2)6-8-17/h3-8,13H,9-12H2,1-2H3. The second-order valence-corrected chi connectivity index (χ2v) is 8.00. The number of ether oxygens (including phenoxy) is 1. The molecule has 1 fully saturated rings. The maximum absolute atomic E-state index is 12.7. The quantitative estimate of drug-likeness (QED) is 0.810. The SMILES string of the molecule is COc1ccc(S(=O)(=O)N2CCN(C(=O)c3ccc(C)nc3)CC2)cc1. The van der Waals surface area contributed by atoms with Crippen LogP contribution in [-0.2, 0) is 10.0 Å². The summed E-state index contributed by atoms with van der Waals surface area (Å²) >= 11 is 0. The Hall–Kier alpha value is -2.45. The van der Waals surface area contributed by atoms with Crippen LogP contribution in [0.4, 0.5) is 0 Å². The molecule has 3 rings (SSSR count). The van der Waals surface area contributed by atoms with Crippen molar-refractivity contribution in [3.63, 3.8) is 0 Å². The van der Waals surface area contributed by atoms with Crippen LogP contribution in [0.25, 0.3) is 0 Å². The summed E-state index contributed by atoms with van der Waals surface area (Å²) in [4.78, 5) is 18.5. The first kappa shape index (κ1) is 18.3. The van der Waals surface area contributed by atoms with E-state index in [1.54, 1.807) is 35.4 Å². The number of hydrogen-bond donors (Lipinski definition) is 0. The number of rotatable bonds is 4. The molecular formula is C18H21N3O4S. The smallest absolute Gasteiger partial charge is 0.255 e. The van der Waals surface area contributed by atoms with E-state index in [-0.39, 0.29) is 23.9 Å². The van der Waals surface area contributed by atoms with E-state index in [0.29, 0.717) is 24.4 Å². The molecule has 1 aromatic heterocycles. The second-order valence-electron chi connectivity index (χ2n) is 6.06. The van der Waals surface area contributed by atoms with E-state index in [0.717, 1.165) is 5.69 Å². The highest BCUT2D eigenvalue weighted by Crippen LogP contribution is 2.21. The molecular weight excluding hydrogens is 354 g/mol. The highest BCUT2D eigenvalue weighted by molar-refractivity contribution is 7.89. The van der Waals surface area contributed by atoms with Gasteiger partial charge in [-0.15, -0.1) is 0 Å². The van der Waals surface area contributed by atoms with Gasteiger partial charge in [-0.25, -0.2) is 8.42 Å². The van der Waals surface area contributed by atoms with Crippen molar-refractivity contribution in [3.8, 4) is 5.75 Å². The average Bonchev–Trinajstić information content (AvgIpc) is 2.68. The summed E-state index contributed by atoms with van der Waals surface area (Å²) in [6.07, 6.45) is 1.55. The predicted octanol–water partition coefficient (Wildman–Crippen LogP) is 1.55. The van der Waals surface area contributed by atoms with Crippen molar-refractivity contribution in [1.82, 2.24) is 14.2 Å². The van der Waals surface area contributed by atoms with Gasteiger partial charge in [-0.2, -0.15) is 4.31 Å². The van der Waals surface area contributed by atoms with E-state index in [2.05, 4.69) is 4.98 Å². The normalized spacial score (nSPS) is 15.7. The lowest BCUT2D eigenvalue weighted by Gasteiger charge is -2.34. The molecule has 1 saturated heterocycles. The number of carbonyl (C=O) groups excluding carboxylic acids is 1. The molecule has 26 heavy (non-hydrogen) atoms. The van der Waals surface area contributed by atoms with Crippen LogP contribution in [0.3, 0.4) is 0 Å². The summed E-state index contributed by atoms with van der Waals surface area (Å²) < 4.78 is 32.0. The molecule has 1 aliphatic rings. The monoisotopic (exact) mass is 375 g/mol. The maximum Gasteiger partial charge on any atom is 0.255 e. The number of nitrogens with zero attached hydrogens (tertiary/aromatic N) is 3. The zero-order valence-corrected chi connectivity index (χ0v) is 15.6. The molecule has 0 radical (unpaired) electrons. The van der Waals surface area contributed by atoms with Crippen LogP contribution in [0.15, 0.2) is 47.5 Å². The number of amides is 1. The summed E-state index contributed by atoms with van der Waals surface area (Å²) in [5.74, 6) is 0.477. The van der Waals surface area contributed by atoms with Crippen molar-refractivity contribution in [2.75, 3.05) is 33.3 Å². The van der Waals surface area contributed by atoms with Crippen LogP contribution < -0.4 is 4.74 Å². The van der Waals surface area contributed by atoms with Gasteiger partial charge in [0.15, 0.2) is 0 Å². The fourth-order valence-corrected chi connectivity index (χ4v) is 4.23. The Bertz CT molecular complexity index is 872. The third kappa shape index (κ3) is 3.71. The summed E-state index contributed by atoms with van der Waals surface area (Å²) in [7, 11) is -2.05. The van der Waals surface area contributed by atoms with Crippen LogP contribution in [-0.4, -0.2) is 61.8 Å². The van der Waals surface area contributed by atoms with E-state index in [1.165, 1.54) is 23.5 Å². The number of piperazine rings is 1. The third-order valence-electron chi connectivity index (χ3n) is 4.38. The summed E-state index contributed by atoms with van der Waals surface area (Å²) in [6, 6.07) is 9.84. The van der Waals surface area contributed by atoms with E-state index in [1.807, 2.05) is 6.92 Å². The largest absolute Gasteiger partial charge is 0.497 e. The van der Waals surface area contributed by atoms with Crippen molar-refractivity contribution >= 4 is 15.9 Å². The molecule has 2 aromatic rings. The van der Waals surface area contributed by atoms with E-state index >= 15 is 0 Å². The van der Waals surface area contributed by atoms with Gasteiger partial charge in [0.25, 0.3) is 5.91 Å². The Labute approximate surface area is 153 Å². The number of aromatic nitrogens is 1. The van der Waals surface area contributed by atoms with Crippen LogP contribution in [0.2, 0.25) is 0 Å². The van der Waals surface area contributed by atoms with Crippen LogP contribution >= 0.6 is 0 Å². The maximum atomic E-state index is 12.7. The van der Waals surface area contributed by atoms with Crippen molar-refractivity contribution in [3.05, 3.63) is 53.9 Å².